The summed E-state index contributed by atoms with van der Waals surface area (Å²) < 4.78 is 13.3. The second-order valence-electron chi connectivity index (χ2n) is 21.9. The zero-order chi connectivity index (χ0) is 56.9. The van der Waals surface area contributed by atoms with Crippen molar-refractivity contribution in [2.45, 2.75) is 184 Å². The first-order valence-electron chi connectivity index (χ1n) is 26.9. The normalized spacial score (nSPS) is 14.4. The number of ether oxygens (including phenoxy) is 2. The van der Waals surface area contributed by atoms with E-state index in [4.69, 9.17) is 34.8 Å². The third-order valence-electron chi connectivity index (χ3n) is 13.4. The fraction of sp³-hybridized carbons (Fsp3) is 0.552. The van der Waals surface area contributed by atoms with Gasteiger partial charge in [0.05, 0.1) is 25.4 Å². The summed E-state index contributed by atoms with van der Waals surface area (Å²) in [5.74, 6) is -0.108. The third kappa shape index (κ3) is 17.1. The summed E-state index contributed by atoms with van der Waals surface area (Å²) in [4.78, 5) is 74.9. The maximum absolute atomic E-state index is 13.3. The molecule has 15 nitrogen and oxygen atoms in total. The Kier molecular flexibility index (Phi) is 22.8. The number of thiophene rings is 2. The Morgan fingerprint density at radius 3 is 1.55 bits per heavy atom. The summed E-state index contributed by atoms with van der Waals surface area (Å²) in [5, 5.41) is 7.02. The number of fused-ring (bicyclic) bond motifs is 4. The molecule has 6 aromatic rings. The van der Waals surface area contributed by atoms with Crippen LogP contribution in [0.3, 0.4) is 0 Å². The number of thiazole rings is 2. The van der Waals surface area contributed by atoms with Crippen LogP contribution in [-0.2, 0) is 49.8 Å². The van der Waals surface area contributed by atoms with Gasteiger partial charge in [0.15, 0.2) is 0 Å². The van der Waals surface area contributed by atoms with Crippen LogP contribution in [0.4, 0.5) is 19.6 Å². The van der Waals surface area contributed by atoms with Crippen LogP contribution in [0.2, 0.25) is 0 Å². The molecule has 6 heterocycles. The molecule has 4 aromatic heterocycles. The van der Waals surface area contributed by atoms with Crippen molar-refractivity contribution in [1.29, 1.82) is 0 Å². The second kappa shape index (κ2) is 28.0. The average Bonchev–Trinajstić information content (AvgIpc) is 4.15. The number of nitrogen functional groups attached to an aromatic ring is 1. The quantitative estimate of drug-likeness (QED) is 0.112. The molecule has 3 amide bonds. The molecule has 77 heavy (non-hydrogen) atoms. The van der Waals surface area contributed by atoms with Crippen molar-refractivity contribution in [2.75, 3.05) is 37.2 Å². The Hall–Kier alpha value is -5.27. The number of rotatable bonds is 13. The van der Waals surface area contributed by atoms with E-state index in [9.17, 15) is 14.4 Å². The van der Waals surface area contributed by atoms with Crippen molar-refractivity contribution in [2.24, 2.45) is 0 Å². The van der Waals surface area contributed by atoms with Crippen LogP contribution in [0.15, 0.2) is 48.5 Å². The number of nitrogens with zero attached hydrogens (tertiary/aromatic N) is 6. The van der Waals surface area contributed by atoms with Gasteiger partial charge in [0.2, 0.25) is 5.91 Å². The molecule has 19 heteroatoms. The minimum atomic E-state index is -0.586. The first-order valence-corrected chi connectivity index (χ1v) is 30.1. The van der Waals surface area contributed by atoms with E-state index in [0.717, 1.165) is 93.2 Å². The van der Waals surface area contributed by atoms with E-state index in [0.29, 0.717) is 25.2 Å². The SMILES string of the molecule is CC(C)N1CCc2c(sc(N)c2-c2nc3ccccc3s2)C1.CCC(C)N(CC)C(=O)OC(C)(C)C.CCC(C)N(CCC(=O)Nc1sc2c(c1-c1nc3ccccc3s1)CCN(C(C)C)C2)C(=O)OC(C)(C)C.O=C=O. The lowest BCUT2D eigenvalue weighted by Crippen LogP contribution is -2.43. The highest BCUT2D eigenvalue weighted by Gasteiger charge is 2.31. The van der Waals surface area contributed by atoms with Crippen molar-refractivity contribution in [3.63, 3.8) is 0 Å². The van der Waals surface area contributed by atoms with Gasteiger partial charge in [-0.05, 0) is 151 Å². The maximum Gasteiger partial charge on any atom is 0.410 e. The van der Waals surface area contributed by atoms with Crippen molar-refractivity contribution in [1.82, 2.24) is 29.6 Å². The van der Waals surface area contributed by atoms with Gasteiger partial charge >= 0.3 is 18.3 Å². The largest absolute Gasteiger partial charge is 0.444 e. The summed E-state index contributed by atoms with van der Waals surface area (Å²) in [7, 11) is 0. The van der Waals surface area contributed by atoms with Gasteiger partial charge < -0.3 is 30.3 Å². The molecular formula is C58H82N8O7S4. The average molecular weight is 1130 g/mol. The Labute approximate surface area is 472 Å². The molecule has 2 aromatic carbocycles. The van der Waals surface area contributed by atoms with Gasteiger partial charge in [-0.15, -0.1) is 45.3 Å². The van der Waals surface area contributed by atoms with Crippen LogP contribution in [0.5, 0.6) is 0 Å². The van der Waals surface area contributed by atoms with E-state index in [1.807, 2.05) is 93.5 Å². The maximum atomic E-state index is 13.3. The predicted octanol–water partition coefficient (Wildman–Crippen LogP) is 14.0. The van der Waals surface area contributed by atoms with Crippen LogP contribution in [-0.4, -0.2) is 115 Å². The van der Waals surface area contributed by atoms with Gasteiger partial charge in [0.1, 0.15) is 26.2 Å². The van der Waals surface area contributed by atoms with Crippen LogP contribution < -0.4 is 11.1 Å². The Bertz CT molecular complexity index is 2870. The Morgan fingerprint density at radius 2 is 1.10 bits per heavy atom. The number of carbonyl (C=O) groups excluding carboxylic acids is 5. The van der Waals surface area contributed by atoms with Crippen LogP contribution in [0, 0.1) is 0 Å². The molecule has 2 atom stereocenters. The number of aromatic nitrogens is 2. The van der Waals surface area contributed by atoms with Gasteiger partial charge in [-0.1, -0.05) is 38.1 Å². The standard InChI is InChI=1S/C29H40N4O3S2.C17H19N3S2.C11H23NO2.CO2/c1-8-19(4)33(28(35)36-29(5,6)7)16-14-24(34)31-27-25(26-30-21-11-9-10-12-22(21)37-26)20-13-15-32(18(2)3)17-23(20)38-27;1-10(2)20-8-7-11-14(9-20)21-16(18)15(11)17-19-12-5-3-4-6-13(12)22-17;1-7-9(3)12(8-2)10(13)14-11(4,5)6;2-1-3/h9-12,18-19H,8,13-17H2,1-7H3,(H,31,34);3-6,10H,7-9,18H2,1-2H3;9H,7-8H2,1-6H3;. The number of anilines is 2. The first kappa shape index (κ1) is 62.6. The Balaban J connectivity index is 0.000000235. The van der Waals surface area contributed by atoms with Gasteiger partial charge in [-0.3, -0.25) is 14.6 Å². The molecule has 2 unspecified atom stereocenters. The van der Waals surface area contributed by atoms with Gasteiger partial charge in [0, 0.05) is 90.7 Å². The monoisotopic (exact) mass is 1130 g/mol. The topological polar surface area (TPSA) is 181 Å². The molecule has 0 fully saturated rings. The molecule has 8 rings (SSSR count). The molecule has 0 saturated carbocycles. The van der Waals surface area contributed by atoms with Gasteiger partial charge in [-0.2, -0.15) is 9.59 Å². The van der Waals surface area contributed by atoms with Crippen molar-refractivity contribution in [3.05, 3.63) is 69.4 Å². The van der Waals surface area contributed by atoms with Gasteiger partial charge in [-0.25, -0.2) is 19.6 Å². The molecule has 0 aliphatic carbocycles. The molecule has 0 radical (unpaired) electrons. The minimum absolute atomic E-state index is 0.0213. The summed E-state index contributed by atoms with van der Waals surface area (Å²) in [6.07, 6.45) is 3.60. The lowest BCUT2D eigenvalue weighted by atomic mass is 10.0. The Morgan fingerprint density at radius 1 is 0.675 bits per heavy atom. The van der Waals surface area contributed by atoms with Crippen molar-refractivity contribution < 1.29 is 33.4 Å². The molecule has 2 aliphatic heterocycles. The van der Waals surface area contributed by atoms with Crippen molar-refractivity contribution in [3.8, 4) is 21.1 Å². The lowest BCUT2D eigenvalue weighted by molar-refractivity contribution is -0.191. The van der Waals surface area contributed by atoms with Crippen LogP contribution >= 0.6 is 45.3 Å². The summed E-state index contributed by atoms with van der Waals surface area (Å²) in [5.41, 5.74) is 12.4. The highest BCUT2D eigenvalue weighted by atomic mass is 32.1. The number of nitrogens with two attached hydrogens (primary N) is 1. The molecule has 2 aliphatic rings. The number of nitrogens with one attached hydrogen (secondary N) is 1. The highest BCUT2D eigenvalue weighted by Crippen LogP contribution is 2.47. The van der Waals surface area contributed by atoms with E-state index in [1.54, 1.807) is 55.1 Å². The molecule has 0 spiro atoms. The highest BCUT2D eigenvalue weighted by molar-refractivity contribution is 7.23. The van der Waals surface area contributed by atoms with Crippen LogP contribution in [0.25, 0.3) is 41.6 Å². The van der Waals surface area contributed by atoms with E-state index < -0.39 is 11.2 Å². The summed E-state index contributed by atoms with van der Waals surface area (Å²) >= 11 is 6.83. The van der Waals surface area contributed by atoms with E-state index >= 15 is 0 Å². The fourth-order valence-corrected chi connectivity index (χ4v) is 13.5. The number of carbonyl (C=O) groups is 3. The molecular weight excluding hydrogens is 1050 g/mol. The molecule has 420 valence electrons. The van der Waals surface area contributed by atoms with Crippen LogP contribution in [0.1, 0.15) is 144 Å². The molecule has 3 N–H and O–H groups in total. The summed E-state index contributed by atoms with van der Waals surface area (Å²) in [6, 6.07) is 17.8. The van der Waals surface area contributed by atoms with E-state index in [1.165, 1.54) is 31.1 Å². The number of benzene rings is 2. The fourth-order valence-electron chi connectivity index (χ4n) is 8.86. The van der Waals surface area contributed by atoms with E-state index in [-0.39, 0.29) is 42.7 Å². The zero-order valence-electron chi connectivity index (χ0n) is 48.0. The van der Waals surface area contributed by atoms with Gasteiger partial charge in [0.25, 0.3) is 0 Å². The third-order valence-corrected chi connectivity index (χ3v) is 17.6. The zero-order valence-corrected chi connectivity index (χ0v) is 51.2. The minimum Gasteiger partial charge on any atom is -0.444 e. The smallest absolute Gasteiger partial charge is 0.410 e. The lowest BCUT2D eigenvalue weighted by Gasteiger charge is -2.31. The number of hydrogen-bond donors (Lipinski definition) is 2. The second-order valence-corrected chi connectivity index (χ2v) is 26.2. The summed E-state index contributed by atoms with van der Waals surface area (Å²) in [6.45, 7) is 35.3. The number of para-hydroxylation sites is 2. The molecule has 0 saturated heterocycles. The van der Waals surface area contributed by atoms with Crippen molar-refractivity contribution >= 4 is 100 Å². The number of amides is 3. The van der Waals surface area contributed by atoms with E-state index in [2.05, 4.69) is 74.0 Å². The first-order chi connectivity index (χ1) is 36.3. The molecule has 0 bridgehead atoms. The predicted molar refractivity (Wildman–Crippen MR) is 318 cm³/mol. The number of hydrogen-bond acceptors (Lipinski definition) is 16.